The Morgan fingerprint density at radius 3 is 2.37 bits per heavy atom. The smallest absolute Gasteiger partial charge is 0.471 e. The quantitative estimate of drug-likeness (QED) is 0.651. The maximum absolute atomic E-state index is 12.4. The second-order valence-electron chi connectivity index (χ2n) is 5.72. The Kier molecular flexibility index (Phi) is 7.58. The number of alkyl halides is 3. The van der Waals surface area contributed by atoms with Crippen molar-refractivity contribution < 1.29 is 32.2 Å². The third-order valence-electron chi connectivity index (χ3n) is 3.81. The summed E-state index contributed by atoms with van der Waals surface area (Å²) >= 11 is 11.7. The lowest BCUT2D eigenvalue weighted by atomic mass is 10.3. The minimum atomic E-state index is -4.86. The van der Waals surface area contributed by atoms with Crippen LogP contribution in [-0.4, -0.2) is 73.8 Å². The van der Waals surface area contributed by atoms with Gasteiger partial charge < -0.3 is 14.4 Å². The van der Waals surface area contributed by atoms with Gasteiger partial charge in [0.2, 0.25) is 0 Å². The molecule has 6 nitrogen and oxygen atoms in total. The number of benzene rings is 1. The highest BCUT2D eigenvalue weighted by Crippen LogP contribution is 2.27. The van der Waals surface area contributed by atoms with E-state index in [1.807, 2.05) is 4.90 Å². The molecule has 150 valence electrons. The van der Waals surface area contributed by atoms with Crippen molar-refractivity contribution in [1.82, 2.24) is 9.80 Å². The predicted molar refractivity (Wildman–Crippen MR) is 92.0 cm³/mol. The molecule has 2 rings (SSSR count). The van der Waals surface area contributed by atoms with E-state index in [2.05, 4.69) is 0 Å². The third-order valence-corrected chi connectivity index (χ3v) is 4.34. The molecule has 0 unspecified atom stereocenters. The van der Waals surface area contributed by atoms with Crippen LogP contribution in [-0.2, 0) is 14.3 Å². The third kappa shape index (κ3) is 6.75. The fourth-order valence-corrected chi connectivity index (χ4v) is 2.88. The van der Waals surface area contributed by atoms with E-state index in [-0.39, 0.29) is 44.4 Å². The van der Waals surface area contributed by atoms with Gasteiger partial charge in [0.15, 0.2) is 6.61 Å². The van der Waals surface area contributed by atoms with Crippen LogP contribution in [0.15, 0.2) is 18.2 Å². The van der Waals surface area contributed by atoms with Gasteiger partial charge in [-0.05, 0) is 18.2 Å². The number of hydrogen-bond acceptors (Lipinski definition) is 5. The Bertz CT molecular complexity index is 680. The molecule has 1 amide bonds. The molecule has 1 aliphatic rings. The number of ether oxygens (including phenoxy) is 2. The summed E-state index contributed by atoms with van der Waals surface area (Å²) in [4.78, 5) is 25.4. The molecule has 0 saturated carbocycles. The second-order valence-corrected chi connectivity index (χ2v) is 6.56. The van der Waals surface area contributed by atoms with Crippen LogP contribution in [0, 0.1) is 0 Å². The molecule has 1 aliphatic heterocycles. The van der Waals surface area contributed by atoms with Crippen LogP contribution in [0.3, 0.4) is 0 Å². The topological polar surface area (TPSA) is 59.1 Å². The number of nitrogens with zero attached hydrogens (tertiary/aromatic N) is 2. The average Bonchev–Trinajstić information content (AvgIpc) is 2.60. The largest absolute Gasteiger partial charge is 0.480 e. The summed E-state index contributed by atoms with van der Waals surface area (Å²) in [5, 5.41) is 0.702. The van der Waals surface area contributed by atoms with Gasteiger partial charge in [-0.2, -0.15) is 13.2 Å². The van der Waals surface area contributed by atoms with Gasteiger partial charge in [-0.15, -0.1) is 0 Å². The summed E-state index contributed by atoms with van der Waals surface area (Å²) in [7, 11) is 0. The second kappa shape index (κ2) is 9.48. The zero-order chi connectivity index (χ0) is 20.0. The van der Waals surface area contributed by atoms with E-state index in [1.165, 1.54) is 12.1 Å². The van der Waals surface area contributed by atoms with Crippen molar-refractivity contribution in [3.8, 4) is 5.75 Å². The molecule has 0 aliphatic carbocycles. The molecular weight excluding hydrogens is 412 g/mol. The molecule has 0 bridgehead atoms. The molecule has 0 atom stereocenters. The minimum absolute atomic E-state index is 0.0233. The van der Waals surface area contributed by atoms with Crippen LogP contribution < -0.4 is 4.74 Å². The fourth-order valence-electron chi connectivity index (χ4n) is 2.41. The maximum Gasteiger partial charge on any atom is 0.471 e. The summed E-state index contributed by atoms with van der Waals surface area (Å²) in [6.07, 6.45) is -4.86. The Balaban J connectivity index is 1.64. The Morgan fingerprint density at radius 2 is 1.78 bits per heavy atom. The lowest BCUT2D eigenvalue weighted by Gasteiger charge is -2.34. The molecule has 1 heterocycles. The fraction of sp³-hybridized carbons (Fsp3) is 0.500. The highest BCUT2D eigenvalue weighted by molar-refractivity contribution is 6.35. The number of halogens is 5. The zero-order valence-corrected chi connectivity index (χ0v) is 15.6. The summed E-state index contributed by atoms with van der Waals surface area (Å²) in [6.45, 7) is 0.571. The van der Waals surface area contributed by atoms with Crippen LogP contribution in [0.5, 0.6) is 5.75 Å². The number of esters is 1. The van der Waals surface area contributed by atoms with E-state index in [4.69, 9.17) is 32.7 Å². The van der Waals surface area contributed by atoms with E-state index >= 15 is 0 Å². The van der Waals surface area contributed by atoms with Gasteiger partial charge in [0, 0.05) is 37.7 Å². The number of piperazine rings is 1. The number of carbonyl (C=O) groups excluding carboxylic acids is 2. The van der Waals surface area contributed by atoms with Gasteiger partial charge >= 0.3 is 18.1 Å². The predicted octanol–water partition coefficient (Wildman–Crippen LogP) is 2.62. The van der Waals surface area contributed by atoms with Crippen LogP contribution in [0.1, 0.15) is 0 Å². The SMILES string of the molecule is O=C(COc1ccc(Cl)cc1Cl)OCCN1CCN(C(=O)C(F)(F)F)CC1. The standard InChI is InChI=1S/C16H17Cl2F3N2O4/c17-11-1-2-13(12(18)9-11)27-10-14(24)26-8-7-22-3-5-23(6-4-22)15(25)16(19,20)21/h1-2,9H,3-8,10H2. The lowest BCUT2D eigenvalue weighted by Crippen LogP contribution is -2.52. The minimum Gasteiger partial charge on any atom is -0.480 e. The molecule has 0 aromatic heterocycles. The van der Waals surface area contributed by atoms with Gasteiger partial charge in [0.25, 0.3) is 0 Å². The molecule has 1 saturated heterocycles. The summed E-state index contributed by atoms with van der Waals surface area (Å²) < 4.78 is 47.4. The molecule has 11 heteroatoms. The molecule has 0 N–H and O–H groups in total. The van der Waals surface area contributed by atoms with Crippen molar-refractivity contribution in [1.29, 1.82) is 0 Å². The van der Waals surface area contributed by atoms with Crippen molar-refractivity contribution in [3.63, 3.8) is 0 Å². The van der Waals surface area contributed by atoms with Crippen molar-refractivity contribution >= 4 is 35.1 Å². The van der Waals surface area contributed by atoms with Crippen LogP contribution in [0.4, 0.5) is 13.2 Å². The van der Waals surface area contributed by atoms with Crippen molar-refractivity contribution in [2.75, 3.05) is 45.9 Å². The van der Waals surface area contributed by atoms with E-state index in [1.54, 1.807) is 6.07 Å². The van der Waals surface area contributed by atoms with Crippen molar-refractivity contribution in [3.05, 3.63) is 28.2 Å². The Morgan fingerprint density at radius 1 is 1.11 bits per heavy atom. The lowest BCUT2D eigenvalue weighted by molar-refractivity contribution is -0.187. The molecule has 1 fully saturated rings. The van der Waals surface area contributed by atoms with Crippen LogP contribution >= 0.6 is 23.2 Å². The van der Waals surface area contributed by atoms with Crippen LogP contribution in [0.2, 0.25) is 10.0 Å². The molecule has 0 spiro atoms. The Labute approximate surface area is 163 Å². The highest BCUT2D eigenvalue weighted by Gasteiger charge is 2.43. The number of amides is 1. The van der Waals surface area contributed by atoms with Gasteiger partial charge in [-0.1, -0.05) is 23.2 Å². The van der Waals surface area contributed by atoms with E-state index in [0.717, 1.165) is 4.90 Å². The molecule has 1 aromatic carbocycles. The number of rotatable bonds is 6. The van der Waals surface area contributed by atoms with E-state index in [9.17, 15) is 22.8 Å². The average molecular weight is 429 g/mol. The molecule has 0 radical (unpaired) electrons. The monoisotopic (exact) mass is 428 g/mol. The van der Waals surface area contributed by atoms with Gasteiger partial charge in [-0.25, -0.2) is 4.79 Å². The number of carbonyl (C=O) groups is 2. The van der Waals surface area contributed by atoms with Gasteiger partial charge in [-0.3, -0.25) is 9.69 Å². The first kappa shape index (κ1) is 21.6. The van der Waals surface area contributed by atoms with Gasteiger partial charge in [0.1, 0.15) is 12.4 Å². The first-order chi connectivity index (χ1) is 12.7. The highest BCUT2D eigenvalue weighted by atomic mass is 35.5. The summed E-state index contributed by atoms with van der Waals surface area (Å²) in [5.41, 5.74) is 0. The molecule has 27 heavy (non-hydrogen) atoms. The summed E-state index contributed by atoms with van der Waals surface area (Å²) in [5.74, 6) is -2.14. The first-order valence-electron chi connectivity index (χ1n) is 7.99. The molecular formula is C16H17Cl2F3N2O4. The molecule has 1 aromatic rings. The van der Waals surface area contributed by atoms with Crippen molar-refractivity contribution in [2.24, 2.45) is 0 Å². The van der Waals surface area contributed by atoms with Crippen molar-refractivity contribution in [2.45, 2.75) is 6.18 Å². The Hall–Kier alpha value is -1.71. The first-order valence-corrected chi connectivity index (χ1v) is 8.74. The summed E-state index contributed by atoms with van der Waals surface area (Å²) in [6, 6.07) is 4.57. The van der Waals surface area contributed by atoms with E-state index < -0.39 is 18.1 Å². The normalized spacial score (nSPS) is 15.5. The van der Waals surface area contributed by atoms with Crippen LogP contribution in [0.25, 0.3) is 0 Å². The number of hydrogen-bond donors (Lipinski definition) is 0. The maximum atomic E-state index is 12.4. The van der Waals surface area contributed by atoms with Gasteiger partial charge in [0.05, 0.1) is 5.02 Å². The zero-order valence-electron chi connectivity index (χ0n) is 14.1. The van der Waals surface area contributed by atoms with E-state index in [0.29, 0.717) is 17.3 Å².